The number of rotatable bonds is 4. The summed E-state index contributed by atoms with van der Waals surface area (Å²) in [5.74, 6) is 2.95. The molecule has 5 atom stereocenters. The van der Waals surface area contributed by atoms with Gasteiger partial charge in [-0.15, -0.1) is 0 Å². The zero-order valence-electron chi connectivity index (χ0n) is 14.2. The van der Waals surface area contributed by atoms with Crippen LogP contribution < -0.4 is 5.32 Å². The van der Waals surface area contributed by atoms with Gasteiger partial charge in [-0.3, -0.25) is 0 Å². The van der Waals surface area contributed by atoms with E-state index in [0.29, 0.717) is 10.8 Å². The summed E-state index contributed by atoms with van der Waals surface area (Å²) in [7, 11) is 0. The molecule has 3 rings (SSSR count). The molecule has 2 bridgehead atoms. The summed E-state index contributed by atoms with van der Waals surface area (Å²) in [6.07, 6.45) is 11.7. The van der Waals surface area contributed by atoms with Crippen molar-refractivity contribution < 1.29 is 0 Å². The third-order valence-corrected chi connectivity index (χ3v) is 7.22. The molecule has 0 heterocycles. The van der Waals surface area contributed by atoms with Crippen LogP contribution in [-0.4, -0.2) is 12.6 Å². The Labute approximate surface area is 126 Å². The molecule has 1 N–H and O–H groups in total. The van der Waals surface area contributed by atoms with Crippen LogP contribution in [0.2, 0.25) is 0 Å². The number of fused-ring (bicyclic) bond motifs is 2. The maximum atomic E-state index is 4.01. The summed E-state index contributed by atoms with van der Waals surface area (Å²) in [5.41, 5.74) is 1.11. The van der Waals surface area contributed by atoms with Crippen LogP contribution in [0.5, 0.6) is 0 Å². The van der Waals surface area contributed by atoms with Crippen molar-refractivity contribution in [3.05, 3.63) is 0 Å². The predicted octanol–water partition coefficient (Wildman–Crippen LogP) is 5.01. The zero-order valence-corrected chi connectivity index (χ0v) is 14.2. The maximum Gasteiger partial charge on any atom is 0.0175 e. The summed E-state index contributed by atoms with van der Waals surface area (Å²) in [6.45, 7) is 11.3. The SMILES string of the molecule is CC1CCCC(CCNC2C(C)(C)[C@H]3CC[C@]2(C)C3)C1. The van der Waals surface area contributed by atoms with Crippen molar-refractivity contribution in [3.8, 4) is 0 Å². The third kappa shape index (κ3) is 2.56. The van der Waals surface area contributed by atoms with Gasteiger partial charge in [0.25, 0.3) is 0 Å². The Morgan fingerprint density at radius 1 is 1.10 bits per heavy atom. The average Bonchev–Trinajstić information content (AvgIpc) is 2.85. The summed E-state index contributed by atoms with van der Waals surface area (Å²) >= 11 is 0. The minimum Gasteiger partial charge on any atom is -0.313 e. The molecular weight excluding hydrogens is 242 g/mol. The Hall–Kier alpha value is -0.0400. The molecule has 0 radical (unpaired) electrons. The normalized spacial score (nSPS) is 46.8. The molecule has 3 saturated carbocycles. The van der Waals surface area contributed by atoms with E-state index in [1.54, 1.807) is 0 Å². The first-order chi connectivity index (χ1) is 9.42. The van der Waals surface area contributed by atoms with E-state index in [2.05, 4.69) is 33.0 Å². The van der Waals surface area contributed by atoms with Crippen LogP contribution in [0.25, 0.3) is 0 Å². The van der Waals surface area contributed by atoms with Gasteiger partial charge >= 0.3 is 0 Å². The van der Waals surface area contributed by atoms with Crippen LogP contribution in [0.1, 0.15) is 79.1 Å². The first-order valence-electron chi connectivity index (χ1n) is 9.15. The molecule has 3 unspecified atom stereocenters. The first-order valence-corrected chi connectivity index (χ1v) is 9.15. The molecule has 0 amide bonds. The summed E-state index contributed by atoms with van der Waals surface area (Å²) in [4.78, 5) is 0. The summed E-state index contributed by atoms with van der Waals surface area (Å²) in [5, 5.41) is 4.01. The van der Waals surface area contributed by atoms with E-state index in [0.717, 1.165) is 23.8 Å². The standard InChI is InChI=1S/C19H35N/c1-14-6-5-7-15(12-14)9-11-20-17-18(2,3)16-8-10-19(17,4)13-16/h14-17,20H,5-13H2,1-4H3/t14?,15?,16-,17?,19+/m0/s1. The van der Waals surface area contributed by atoms with Gasteiger partial charge in [-0.05, 0) is 67.2 Å². The molecule has 3 aliphatic carbocycles. The molecule has 0 saturated heterocycles. The lowest BCUT2D eigenvalue weighted by Crippen LogP contribution is -2.50. The topological polar surface area (TPSA) is 12.0 Å². The molecule has 1 heteroatoms. The first kappa shape index (κ1) is 14.9. The molecule has 0 aromatic carbocycles. The highest BCUT2D eigenvalue weighted by Crippen LogP contribution is 2.62. The van der Waals surface area contributed by atoms with Gasteiger partial charge in [-0.1, -0.05) is 47.0 Å². The smallest absolute Gasteiger partial charge is 0.0175 e. The Balaban J connectivity index is 1.51. The van der Waals surface area contributed by atoms with Crippen LogP contribution in [0.15, 0.2) is 0 Å². The number of hydrogen-bond acceptors (Lipinski definition) is 1. The van der Waals surface area contributed by atoms with Crippen molar-refractivity contribution in [3.63, 3.8) is 0 Å². The number of hydrogen-bond donors (Lipinski definition) is 1. The Bertz CT molecular complexity index is 343. The lowest BCUT2D eigenvalue weighted by Gasteiger charge is -2.43. The average molecular weight is 277 g/mol. The molecule has 0 aromatic heterocycles. The van der Waals surface area contributed by atoms with E-state index < -0.39 is 0 Å². The molecule has 0 spiro atoms. The predicted molar refractivity (Wildman–Crippen MR) is 86.8 cm³/mol. The fourth-order valence-corrected chi connectivity index (χ4v) is 6.07. The minimum atomic E-state index is 0.521. The van der Waals surface area contributed by atoms with E-state index >= 15 is 0 Å². The van der Waals surface area contributed by atoms with Crippen LogP contribution in [-0.2, 0) is 0 Å². The second-order valence-electron chi connectivity index (χ2n) is 9.23. The fraction of sp³-hybridized carbons (Fsp3) is 1.00. The Morgan fingerprint density at radius 2 is 1.90 bits per heavy atom. The zero-order chi connectivity index (χ0) is 14.4. The summed E-state index contributed by atoms with van der Waals surface area (Å²) in [6, 6.07) is 0.759. The van der Waals surface area contributed by atoms with Gasteiger partial charge in [0, 0.05) is 6.04 Å². The maximum absolute atomic E-state index is 4.01. The highest BCUT2D eigenvalue weighted by Gasteiger charge is 2.58. The van der Waals surface area contributed by atoms with E-state index in [1.165, 1.54) is 57.9 Å². The largest absolute Gasteiger partial charge is 0.313 e. The second kappa shape index (κ2) is 5.30. The van der Waals surface area contributed by atoms with E-state index in [4.69, 9.17) is 0 Å². The van der Waals surface area contributed by atoms with Gasteiger partial charge in [0.15, 0.2) is 0 Å². The highest BCUT2D eigenvalue weighted by atomic mass is 15.0. The van der Waals surface area contributed by atoms with E-state index in [1.807, 2.05) is 0 Å². The van der Waals surface area contributed by atoms with Gasteiger partial charge in [-0.2, -0.15) is 0 Å². The highest BCUT2D eigenvalue weighted by molar-refractivity contribution is 5.11. The molecule has 1 nitrogen and oxygen atoms in total. The van der Waals surface area contributed by atoms with Gasteiger partial charge in [-0.25, -0.2) is 0 Å². The van der Waals surface area contributed by atoms with Crippen molar-refractivity contribution in [2.75, 3.05) is 6.54 Å². The van der Waals surface area contributed by atoms with E-state index in [9.17, 15) is 0 Å². The van der Waals surface area contributed by atoms with Gasteiger partial charge in [0.05, 0.1) is 0 Å². The van der Waals surface area contributed by atoms with Crippen LogP contribution >= 0.6 is 0 Å². The molecular formula is C19H35N. The quantitative estimate of drug-likeness (QED) is 0.762. The number of nitrogens with one attached hydrogen (secondary N) is 1. The third-order valence-electron chi connectivity index (χ3n) is 7.22. The molecule has 20 heavy (non-hydrogen) atoms. The molecule has 0 aliphatic heterocycles. The van der Waals surface area contributed by atoms with Gasteiger partial charge < -0.3 is 5.32 Å². The van der Waals surface area contributed by atoms with Gasteiger partial charge in [0.1, 0.15) is 0 Å². The van der Waals surface area contributed by atoms with Gasteiger partial charge in [0.2, 0.25) is 0 Å². The lowest BCUT2D eigenvalue weighted by molar-refractivity contribution is 0.106. The second-order valence-corrected chi connectivity index (χ2v) is 9.23. The van der Waals surface area contributed by atoms with Crippen molar-refractivity contribution in [1.82, 2.24) is 5.32 Å². The minimum absolute atomic E-state index is 0.521. The molecule has 0 aromatic rings. The van der Waals surface area contributed by atoms with Crippen LogP contribution in [0, 0.1) is 28.6 Å². The van der Waals surface area contributed by atoms with Crippen molar-refractivity contribution in [2.24, 2.45) is 28.6 Å². The fourth-order valence-electron chi connectivity index (χ4n) is 6.07. The summed E-state index contributed by atoms with van der Waals surface area (Å²) < 4.78 is 0. The van der Waals surface area contributed by atoms with Crippen molar-refractivity contribution >= 4 is 0 Å². The Kier molecular flexibility index (Phi) is 3.95. The van der Waals surface area contributed by atoms with E-state index in [-0.39, 0.29) is 0 Å². The molecule has 3 aliphatic rings. The molecule has 3 fully saturated rings. The van der Waals surface area contributed by atoms with Crippen LogP contribution in [0.4, 0.5) is 0 Å². The Morgan fingerprint density at radius 3 is 2.55 bits per heavy atom. The lowest BCUT2D eigenvalue weighted by atomic mass is 9.68. The van der Waals surface area contributed by atoms with Crippen LogP contribution in [0.3, 0.4) is 0 Å². The van der Waals surface area contributed by atoms with Crippen molar-refractivity contribution in [1.29, 1.82) is 0 Å². The van der Waals surface area contributed by atoms with Crippen molar-refractivity contribution in [2.45, 2.75) is 85.1 Å². The monoisotopic (exact) mass is 277 g/mol. The molecule has 116 valence electrons.